The van der Waals surface area contributed by atoms with E-state index in [-0.39, 0.29) is 23.3 Å². The quantitative estimate of drug-likeness (QED) is 0.544. The number of benzene rings is 2. The Morgan fingerprint density at radius 2 is 2.00 bits per heavy atom. The average Bonchev–Trinajstić information content (AvgIpc) is 3.12. The van der Waals surface area contributed by atoms with Crippen LogP contribution in [0.3, 0.4) is 0 Å². The van der Waals surface area contributed by atoms with Crippen molar-refractivity contribution in [1.29, 1.82) is 0 Å². The summed E-state index contributed by atoms with van der Waals surface area (Å²) in [6, 6.07) is 14.6. The Morgan fingerprint density at radius 1 is 1.23 bits per heavy atom. The Morgan fingerprint density at radius 3 is 2.73 bits per heavy atom. The zero-order chi connectivity index (χ0) is 18.7. The summed E-state index contributed by atoms with van der Waals surface area (Å²) in [5.74, 6) is -0.360. The Kier molecular flexibility index (Phi) is 4.99. The van der Waals surface area contributed by atoms with Gasteiger partial charge in [-0.3, -0.25) is 14.9 Å². The molecule has 1 aromatic heterocycles. The molecule has 1 amide bonds. The van der Waals surface area contributed by atoms with Gasteiger partial charge in [-0.2, -0.15) is 5.10 Å². The molecular formula is C18H15ClN4O3. The standard InChI is InChI=1S/C18H15ClN4O3/c1-12(15-7-2-3-8-16(15)19)20-18(24)17-9-10-22(21-17)13-5-4-6-14(11-13)23(25)26/h2-12H,1H3,(H,20,24). The van der Waals surface area contributed by atoms with Crippen molar-refractivity contribution in [2.24, 2.45) is 0 Å². The maximum absolute atomic E-state index is 12.4. The number of hydrogen-bond donors (Lipinski definition) is 1. The summed E-state index contributed by atoms with van der Waals surface area (Å²) in [6.45, 7) is 1.83. The number of rotatable bonds is 5. The van der Waals surface area contributed by atoms with E-state index in [2.05, 4.69) is 10.4 Å². The number of nitrogens with one attached hydrogen (secondary N) is 1. The van der Waals surface area contributed by atoms with Crippen LogP contribution in [0.5, 0.6) is 0 Å². The van der Waals surface area contributed by atoms with Crippen LogP contribution in [0.25, 0.3) is 5.69 Å². The van der Waals surface area contributed by atoms with Gasteiger partial charge < -0.3 is 5.32 Å². The van der Waals surface area contributed by atoms with Crippen LogP contribution in [-0.2, 0) is 0 Å². The van der Waals surface area contributed by atoms with Crippen molar-refractivity contribution in [2.45, 2.75) is 13.0 Å². The van der Waals surface area contributed by atoms with E-state index in [9.17, 15) is 14.9 Å². The first kappa shape index (κ1) is 17.6. The van der Waals surface area contributed by atoms with Crippen LogP contribution >= 0.6 is 11.6 Å². The number of non-ortho nitro benzene ring substituents is 1. The van der Waals surface area contributed by atoms with Crippen LogP contribution in [0.1, 0.15) is 29.0 Å². The lowest BCUT2D eigenvalue weighted by molar-refractivity contribution is -0.384. The van der Waals surface area contributed by atoms with E-state index in [1.54, 1.807) is 30.5 Å². The zero-order valence-corrected chi connectivity index (χ0v) is 14.6. The number of carbonyl (C=O) groups is 1. The Balaban J connectivity index is 1.77. The van der Waals surface area contributed by atoms with Crippen LogP contribution in [-0.4, -0.2) is 20.6 Å². The van der Waals surface area contributed by atoms with Gasteiger partial charge >= 0.3 is 0 Å². The summed E-state index contributed by atoms with van der Waals surface area (Å²) in [5.41, 5.74) is 1.46. The van der Waals surface area contributed by atoms with Crippen LogP contribution in [0.2, 0.25) is 5.02 Å². The molecule has 2 aromatic carbocycles. The molecule has 0 aliphatic heterocycles. The second-order valence-electron chi connectivity index (χ2n) is 5.64. The van der Waals surface area contributed by atoms with Gasteiger partial charge in [0.2, 0.25) is 0 Å². The first-order valence-electron chi connectivity index (χ1n) is 7.81. The van der Waals surface area contributed by atoms with Gasteiger partial charge in [-0.25, -0.2) is 4.68 Å². The molecule has 0 aliphatic carbocycles. The monoisotopic (exact) mass is 370 g/mol. The van der Waals surface area contributed by atoms with Crippen LogP contribution < -0.4 is 5.32 Å². The summed E-state index contributed by atoms with van der Waals surface area (Å²) in [5, 5.41) is 18.5. The fourth-order valence-corrected chi connectivity index (χ4v) is 2.81. The fraction of sp³-hybridized carbons (Fsp3) is 0.111. The second kappa shape index (κ2) is 7.37. The highest BCUT2D eigenvalue weighted by Crippen LogP contribution is 2.22. The number of nitro benzene ring substituents is 1. The third-order valence-electron chi connectivity index (χ3n) is 3.85. The van der Waals surface area contributed by atoms with Crippen LogP contribution in [0, 0.1) is 10.1 Å². The molecule has 1 unspecified atom stereocenters. The maximum Gasteiger partial charge on any atom is 0.272 e. The minimum atomic E-state index is -0.480. The number of carbonyl (C=O) groups excluding carboxylic acids is 1. The van der Waals surface area contributed by atoms with Crippen molar-refractivity contribution in [2.75, 3.05) is 0 Å². The van der Waals surface area contributed by atoms with Crippen molar-refractivity contribution in [3.05, 3.63) is 87.2 Å². The molecule has 0 bridgehead atoms. The third kappa shape index (κ3) is 3.73. The van der Waals surface area contributed by atoms with E-state index in [4.69, 9.17) is 11.6 Å². The van der Waals surface area contributed by atoms with Crippen molar-refractivity contribution in [3.8, 4) is 5.69 Å². The molecule has 0 saturated carbocycles. The van der Waals surface area contributed by atoms with Gasteiger partial charge in [0, 0.05) is 23.4 Å². The molecule has 132 valence electrons. The first-order valence-corrected chi connectivity index (χ1v) is 8.19. The number of amides is 1. The van der Waals surface area contributed by atoms with E-state index in [0.717, 1.165) is 5.56 Å². The van der Waals surface area contributed by atoms with Crippen molar-refractivity contribution in [1.82, 2.24) is 15.1 Å². The molecule has 0 aliphatic rings. The molecule has 26 heavy (non-hydrogen) atoms. The van der Waals surface area contributed by atoms with Gasteiger partial charge in [-0.1, -0.05) is 35.9 Å². The molecule has 0 spiro atoms. The molecule has 1 atom stereocenters. The van der Waals surface area contributed by atoms with Gasteiger partial charge in [0.05, 0.1) is 16.7 Å². The third-order valence-corrected chi connectivity index (χ3v) is 4.19. The topological polar surface area (TPSA) is 90.1 Å². The summed E-state index contributed by atoms with van der Waals surface area (Å²) >= 11 is 6.15. The lowest BCUT2D eigenvalue weighted by atomic mass is 10.1. The fourth-order valence-electron chi connectivity index (χ4n) is 2.51. The van der Waals surface area contributed by atoms with Crippen molar-refractivity contribution < 1.29 is 9.72 Å². The molecule has 8 heteroatoms. The number of nitro groups is 1. The number of aromatic nitrogens is 2. The molecule has 0 fully saturated rings. The molecule has 7 nitrogen and oxygen atoms in total. The number of halogens is 1. The van der Waals surface area contributed by atoms with Gasteiger partial charge in [0.15, 0.2) is 5.69 Å². The largest absolute Gasteiger partial charge is 0.344 e. The Hall–Kier alpha value is -3.19. The SMILES string of the molecule is CC(NC(=O)c1ccn(-c2cccc([N+](=O)[O-])c2)n1)c1ccccc1Cl. The average molecular weight is 371 g/mol. The van der Waals surface area contributed by atoms with Crippen molar-refractivity contribution >= 4 is 23.2 Å². The van der Waals surface area contributed by atoms with E-state index >= 15 is 0 Å². The van der Waals surface area contributed by atoms with Gasteiger partial charge in [-0.15, -0.1) is 0 Å². The maximum atomic E-state index is 12.4. The minimum absolute atomic E-state index is 0.0451. The lowest BCUT2D eigenvalue weighted by Gasteiger charge is -2.14. The van der Waals surface area contributed by atoms with Crippen molar-refractivity contribution in [3.63, 3.8) is 0 Å². The van der Waals surface area contributed by atoms with E-state index in [1.807, 2.05) is 25.1 Å². The predicted molar refractivity (Wildman–Crippen MR) is 97.6 cm³/mol. The normalized spacial score (nSPS) is 11.8. The summed E-state index contributed by atoms with van der Waals surface area (Å²) in [4.78, 5) is 22.8. The lowest BCUT2D eigenvalue weighted by Crippen LogP contribution is -2.27. The molecule has 0 saturated heterocycles. The highest BCUT2D eigenvalue weighted by atomic mass is 35.5. The van der Waals surface area contributed by atoms with E-state index in [0.29, 0.717) is 10.7 Å². The number of nitrogens with zero attached hydrogens (tertiary/aromatic N) is 3. The molecule has 0 radical (unpaired) electrons. The number of hydrogen-bond acceptors (Lipinski definition) is 4. The highest BCUT2D eigenvalue weighted by Gasteiger charge is 2.16. The highest BCUT2D eigenvalue weighted by molar-refractivity contribution is 6.31. The first-order chi connectivity index (χ1) is 12.5. The molecule has 3 aromatic rings. The molecule has 1 N–H and O–H groups in total. The summed E-state index contributed by atoms with van der Waals surface area (Å²) in [7, 11) is 0. The zero-order valence-electron chi connectivity index (χ0n) is 13.8. The van der Waals surface area contributed by atoms with Crippen LogP contribution in [0.15, 0.2) is 60.8 Å². The van der Waals surface area contributed by atoms with Gasteiger partial charge in [0.25, 0.3) is 11.6 Å². The minimum Gasteiger partial charge on any atom is -0.344 e. The Labute approximate surface area is 154 Å². The second-order valence-corrected chi connectivity index (χ2v) is 6.05. The Bertz CT molecular complexity index is 970. The summed E-state index contributed by atoms with van der Waals surface area (Å²) in [6.07, 6.45) is 1.58. The predicted octanol–water partition coefficient (Wildman–Crippen LogP) is 3.92. The van der Waals surface area contributed by atoms with Gasteiger partial charge in [-0.05, 0) is 30.7 Å². The summed E-state index contributed by atoms with van der Waals surface area (Å²) < 4.78 is 1.42. The molecule has 3 rings (SSSR count). The molecule has 1 heterocycles. The van der Waals surface area contributed by atoms with Gasteiger partial charge in [0.1, 0.15) is 0 Å². The van der Waals surface area contributed by atoms with Crippen LogP contribution in [0.4, 0.5) is 5.69 Å². The van der Waals surface area contributed by atoms with E-state index < -0.39 is 4.92 Å². The molecular weight excluding hydrogens is 356 g/mol. The van der Waals surface area contributed by atoms with E-state index in [1.165, 1.54) is 16.8 Å². The smallest absolute Gasteiger partial charge is 0.272 e.